The number of allylic oxidation sites excluding steroid dienone is 1. The molecule has 152 valence electrons. The van der Waals surface area contributed by atoms with E-state index in [-0.39, 0.29) is 24.7 Å². The van der Waals surface area contributed by atoms with Crippen LogP contribution in [0.5, 0.6) is 5.75 Å². The normalized spacial score (nSPS) is 23.2. The van der Waals surface area contributed by atoms with Crippen molar-refractivity contribution < 1.29 is 19.0 Å². The van der Waals surface area contributed by atoms with Gasteiger partial charge in [-0.25, -0.2) is 0 Å². The van der Waals surface area contributed by atoms with E-state index in [2.05, 4.69) is 27.8 Å². The van der Waals surface area contributed by atoms with Crippen LogP contribution in [0, 0.1) is 11.8 Å². The van der Waals surface area contributed by atoms with Crippen LogP contribution in [0.4, 0.5) is 0 Å². The molecule has 6 heteroatoms. The molecule has 29 heavy (non-hydrogen) atoms. The molecular formula is C23H24BrNO4. The quantitative estimate of drug-likeness (QED) is 0.478. The second kappa shape index (κ2) is 8.69. The van der Waals surface area contributed by atoms with Gasteiger partial charge in [-0.1, -0.05) is 36.4 Å². The van der Waals surface area contributed by atoms with Crippen molar-refractivity contribution in [2.75, 3.05) is 27.1 Å². The maximum Gasteiger partial charge on any atom is 0.251 e. The van der Waals surface area contributed by atoms with Gasteiger partial charge in [-0.2, -0.15) is 0 Å². The fraction of sp³-hybridized carbons (Fsp3) is 0.348. The Balaban J connectivity index is 1.66. The lowest BCUT2D eigenvalue weighted by atomic mass is 9.89. The number of halogens is 1. The Morgan fingerprint density at radius 2 is 2.03 bits per heavy atom. The van der Waals surface area contributed by atoms with Crippen LogP contribution in [-0.4, -0.2) is 39.1 Å². The number of hydrogen-bond donors (Lipinski definition) is 1. The molecule has 1 aliphatic carbocycles. The molecule has 1 amide bonds. The summed E-state index contributed by atoms with van der Waals surface area (Å²) in [7, 11) is 1.58. The lowest BCUT2D eigenvalue weighted by molar-refractivity contribution is 0.0498. The topological polar surface area (TPSA) is 56.8 Å². The van der Waals surface area contributed by atoms with Crippen LogP contribution in [0.1, 0.15) is 27.4 Å². The zero-order valence-electron chi connectivity index (χ0n) is 16.3. The molecule has 2 aromatic carbocycles. The van der Waals surface area contributed by atoms with E-state index < -0.39 is 0 Å². The Morgan fingerprint density at radius 1 is 1.31 bits per heavy atom. The zero-order valence-corrected chi connectivity index (χ0v) is 17.9. The second-order valence-corrected chi connectivity index (χ2v) is 8.27. The molecule has 1 aliphatic heterocycles. The van der Waals surface area contributed by atoms with Gasteiger partial charge in [0, 0.05) is 42.0 Å². The van der Waals surface area contributed by atoms with Gasteiger partial charge in [-0.15, -0.1) is 6.58 Å². The number of hydrogen-bond acceptors (Lipinski definition) is 4. The summed E-state index contributed by atoms with van der Waals surface area (Å²) >= 11 is 3.58. The van der Waals surface area contributed by atoms with Crippen LogP contribution in [0.3, 0.4) is 0 Å². The number of methoxy groups -OCH3 is 1. The number of fused-ring (bicyclic) bond motifs is 1. The van der Waals surface area contributed by atoms with Crippen molar-refractivity contribution in [1.82, 2.24) is 5.32 Å². The van der Waals surface area contributed by atoms with Gasteiger partial charge in [-0.05, 0) is 33.6 Å². The predicted octanol–water partition coefficient (Wildman–Crippen LogP) is 4.12. The Bertz CT molecular complexity index is 891. The van der Waals surface area contributed by atoms with Crippen LogP contribution >= 0.6 is 15.9 Å². The van der Waals surface area contributed by atoms with Crippen molar-refractivity contribution in [2.45, 2.75) is 12.0 Å². The SMILES string of the molecule is C=CC(c1ccccc1)c1cc(C(=O)NC2[C@H]3COC[C@@H]23)cc(Br)c1OCOC. The van der Waals surface area contributed by atoms with E-state index in [9.17, 15) is 4.79 Å². The summed E-state index contributed by atoms with van der Waals surface area (Å²) in [6, 6.07) is 13.9. The van der Waals surface area contributed by atoms with Gasteiger partial charge in [0.15, 0.2) is 6.79 Å². The molecule has 2 aromatic rings. The summed E-state index contributed by atoms with van der Waals surface area (Å²) in [4.78, 5) is 12.9. The second-order valence-electron chi connectivity index (χ2n) is 7.42. The molecule has 1 saturated heterocycles. The van der Waals surface area contributed by atoms with Gasteiger partial charge < -0.3 is 19.5 Å². The number of ether oxygens (including phenoxy) is 3. The van der Waals surface area contributed by atoms with Crippen molar-refractivity contribution in [1.29, 1.82) is 0 Å². The molecule has 2 unspecified atom stereocenters. The molecule has 2 fully saturated rings. The molecule has 1 N–H and O–H groups in total. The fourth-order valence-electron chi connectivity index (χ4n) is 4.04. The van der Waals surface area contributed by atoms with Crippen LogP contribution in [-0.2, 0) is 9.47 Å². The largest absolute Gasteiger partial charge is 0.466 e. The maximum absolute atomic E-state index is 12.9. The summed E-state index contributed by atoms with van der Waals surface area (Å²) in [5.41, 5.74) is 2.52. The third-order valence-corrected chi connectivity index (χ3v) is 6.22. The first-order chi connectivity index (χ1) is 14.1. The predicted molar refractivity (Wildman–Crippen MR) is 114 cm³/mol. The van der Waals surface area contributed by atoms with E-state index in [1.165, 1.54) is 0 Å². The van der Waals surface area contributed by atoms with Gasteiger partial charge >= 0.3 is 0 Å². The molecular weight excluding hydrogens is 434 g/mol. The monoisotopic (exact) mass is 457 g/mol. The van der Waals surface area contributed by atoms with E-state index in [1.807, 2.05) is 42.5 Å². The first-order valence-corrected chi connectivity index (χ1v) is 10.4. The maximum atomic E-state index is 12.9. The van der Waals surface area contributed by atoms with Crippen LogP contribution < -0.4 is 10.1 Å². The molecule has 2 aliphatic rings. The highest BCUT2D eigenvalue weighted by molar-refractivity contribution is 9.10. The highest BCUT2D eigenvalue weighted by atomic mass is 79.9. The minimum absolute atomic E-state index is 0.0829. The van der Waals surface area contributed by atoms with Gasteiger partial charge in [0.1, 0.15) is 5.75 Å². The lowest BCUT2D eigenvalue weighted by Crippen LogP contribution is -2.30. The zero-order chi connectivity index (χ0) is 20.4. The van der Waals surface area contributed by atoms with E-state index >= 15 is 0 Å². The molecule has 1 saturated carbocycles. The molecule has 0 aromatic heterocycles. The molecule has 5 nitrogen and oxygen atoms in total. The number of amides is 1. The van der Waals surface area contributed by atoms with Gasteiger partial charge in [0.05, 0.1) is 17.7 Å². The minimum atomic E-state index is -0.124. The summed E-state index contributed by atoms with van der Waals surface area (Å²) in [6.07, 6.45) is 1.86. The first-order valence-electron chi connectivity index (χ1n) is 9.65. The van der Waals surface area contributed by atoms with E-state index in [1.54, 1.807) is 13.2 Å². The summed E-state index contributed by atoms with van der Waals surface area (Å²) in [5.74, 6) is 1.35. The van der Waals surface area contributed by atoms with Crippen molar-refractivity contribution in [3.8, 4) is 5.75 Å². The lowest BCUT2D eigenvalue weighted by Gasteiger charge is -2.20. The van der Waals surface area contributed by atoms with E-state index in [4.69, 9.17) is 14.2 Å². The standard InChI is InChI=1S/C23H24BrNO4/c1-3-16(14-7-5-4-6-8-14)17-9-15(10-20(24)22(17)29-13-27-2)23(26)25-21-18-11-28-12-19(18)21/h3-10,16,18-19,21H,1,11-13H2,2H3,(H,25,26)/t16?,18-,19+,21?. The third kappa shape index (κ3) is 4.10. The van der Waals surface area contributed by atoms with E-state index in [0.717, 1.165) is 24.3 Å². The average molecular weight is 458 g/mol. The summed E-state index contributed by atoms with van der Waals surface area (Å²) in [6.45, 7) is 5.61. The number of carbonyl (C=O) groups is 1. The van der Waals surface area contributed by atoms with Crippen LogP contribution in [0.25, 0.3) is 0 Å². The molecule has 1 heterocycles. The van der Waals surface area contributed by atoms with Crippen molar-refractivity contribution >= 4 is 21.8 Å². The minimum Gasteiger partial charge on any atom is -0.466 e. The number of rotatable bonds is 8. The average Bonchev–Trinajstić information content (AvgIpc) is 3.14. The van der Waals surface area contributed by atoms with E-state index in [0.29, 0.717) is 27.6 Å². The molecule has 0 radical (unpaired) electrons. The Morgan fingerprint density at radius 3 is 2.69 bits per heavy atom. The Labute approximate surface area is 179 Å². The summed E-state index contributed by atoms with van der Waals surface area (Å²) in [5, 5.41) is 3.15. The Hall–Kier alpha value is -2.15. The summed E-state index contributed by atoms with van der Waals surface area (Å²) < 4.78 is 17.1. The first kappa shape index (κ1) is 20.1. The highest BCUT2D eigenvalue weighted by Crippen LogP contribution is 2.44. The molecule has 0 spiro atoms. The molecule has 4 rings (SSSR count). The highest BCUT2D eigenvalue weighted by Gasteiger charge is 2.54. The van der Waals surface area contributed by atoms with Crippen molar-refractivity contribution in [2.24, 2.45) is 11.8 Å². The number of carbonyl (C=O) groups excluding carboxylic acids is 1. The van der Waals surface area contributed by atoms with Gasteiger partial charge in [0.2, 0.25) is 0 Å². The van der Waals surface area contributed by atoms with Gasteiger partial charge in [0.25, 0.3) is 5.91 Å². The van der Waals surface area contributed by atoms with Crippen LogP contribution in [0.2, 0.25) is 0 Å². The van der Waals surface area contributed by atoms with Crippen molar-refractivity contribution in [3.63, 3.8) is 0 Å². The van der Waals surface area contributed by atoms with Gasteiger partial charge in [-0.3, -0.25) is 4.79 Å². The Kier molecular flexibility index (Phi) is 6.04. The molecule has 4 atom stereocenters. The number of nitrogens with one attached hydrogen (secondary N) is 1. The third-order valence-electron chi connectivity index (χ3n) is 5.64. The van der Waals surface area contributed by atoms with Crippen molar-refractivity contribution in [3.05, 3.63) is 76.3 Å². The van der Waals surface area contributed by atoms with Crippen LogP contribution in [0.15, 0.2) is 59.6 Å². The molecule has 0 bridgehead atoms. The number of benzene rings is 2. The smallest absolute Gasteiger partial charge is 0.251 e. The fourth-order valence-corrected chi connectivity index (χ4v) is 4.63.